The van der Waals surface area contributed by atoms with E-state index in [-0.39, 0.29) is 5.56 Å². The Balaban J connectivity index is 2.49. The van der Waals surface area contributed by atoms with Gasteiger partial charge in [0.15, 0.2) is 0 Å². The summed E-state index contributed by atoms with van der Waals surface area (Å²) in [4.78, 5) is 11.3. The maximum atomic E-state index is 11.3. The molecule has 4 heteroatoms. The third-order valence-electron chi connectivity index (χ3n) is 1.93. The van der Waals surface area contributed by atoms with Gasteiger partial charge in [-0.1, -0.05) is 6.92 Å². The molecule has 78 valence electrons. The van der Waals surface area contributed by atoms with Crippen molar-refractivity contribution in [2.45, 2.75) is 26.8 Å². The van der Waals surface area contributed by atoms with Gasteiger partial charge in [-0.05, 0) is 26.0 Å². The number of nitrogens with one attached hydrogen (secondary N) is 1. The Hall–Kier alpha value is -1.16. The second-order valence-corrected chi connectivity index (χ2v) is 3.29. The number of rotatable bonds is 5. The summed E-state index contributed by atoms with van der Waals surface area (Å²) in [6, 6.07) is 3.29. The fraction of sp³-hybridized carbons (Fsp3) is 0.600. The number of aromatic nitrogens is 2. The van der Waals surface area contributed by atoms with Crippen molar-refractivity contribution in [2.75, 3.05) is 13.1 Å². The van der Waals surface area contributed by atoms with Crippen LogP contribution in [0, 0.1) is 6.92 Å². The van der Waals surface area contributed by atoms with E-state index in [0.717, 1.165) is 25.2 Å². The van der Waals surface area contributed by atoms with Gasteiger partial charge < -0.3 is 5.32 Å². The molecule has 0 atom stereocenters. The first kappa shape index (κ1) is 10.9. The second kappa shape index (κ2) is 5.54. The first-order chi connectivity index (χ1) is 6.74. The molecule has 0 amide bonds. The molecule has 0 spiro atoms. The molecule has 0 aliphatic heterocycles. The van der Waals surface area contributed by atoms with Crippen LogP contribution in [0.15, 0.2) is 16.9 Å². The number of nitrogens with zero attached hydrogens (tertiary/aromatic N) is 2. The molecule has 4 nitrogen and oxygen atoms in total. The van der Waals surface area contributed by atoms with E-state index >= 15 is 0 Å². The normalized spacial score (nSPS) is 10.4. The van der Waals surface area contributed by atoms with Crippen LogP contribution in [0.2, 0.25) is 0 Å². The molecule has 0 bridgehead atoms. The van der Waals surface area contributed by atoms with Crippen molar-refractivity contribution in [3.05, 3.63) is 28.2 Å². The molecule has 0 saturated heterocycles. The van der Waals surface area contributed by atoms with Crippen molar-refractivity contribution in [2.24, 2.45) is 0 Å². The maximum absolute atomic E-state index is 11.3. The first-order valence-corrected chi connectivity index (χ1v) is 4.99. The number of aryl methyl sites for hydroxylation is 1. The van der Waals surface area contributed by atoms with Gasteiger partial charge in [-0.3, -0.25) is 4.79 Å². The van der Waals surface area contributed by atoms with E-state index in [0.29, 0.717) is 6.54 Å². The molecule has 0 fully saturated rings. The van der Waals surface area contributed by atoms with Crippen molar-refractivity contribution in [3.63, 3.8) is 0 Å². The summed E-state index contributed by atoms with van der Waals surface area (Å²) < 4.78 is 1.50. The Kier molecular flexibility index (Phi) is 4.32. The van der Waals surface area contributed by atoms with Crippen LogP contribution in [0.4, 0.5) is 0 Å². The lowest BCUT2D eigenvalue weighted by Gasteiger charge is -2.05. The molecule has 0 aliphatic carbocycles. The molecule has 0 aromatic carbocycles. The summed E-state index contributed by atoms with van der Waals surface area (Å²) in [6.07, 6.45) is 1.11. The van der Waals surface area contributed by atoms with Crippen LogP contribution < -0.4 is 10.9 Å². The Labute approximate surface area is 84.0 Å². The average Bonchev–Trinajstić information content (AvgIpc) is 2.18. The highest BCUT2D eigenvalue weighted by Gasteiger charge is 1.96. The van der Waals surface area contributed by atoms with E-state index < -0.39 is 0 Å². The summed E-state index contributed by atoms with van der Waals surface area (Å²) in [6.45, 7) is 6.42. The van der Waals surface area contributed by atoms with E-state index in [2.05, 4.69) is 17.3 Å². The molecule has 0 aliphatic rings. The summed E-state index contributed by atoms with van der Waals surface area (Å²) in [5.74, 6) is 0. The van der Waals surface area contributed by atoms with Crippen LogP contribution >= 0.6 is 0 Å². The van der Waals surface area contributed by atoms with Gasteiger partial charge in [-0.2, -0.15) is 5.10 Å². The van der Waals surface area contributed by atoms with E-state index in [1.54, 1.807) is 12.1 Å². The zero-order chi connectivity index (χ0) is 10.4. The molecule has 0 radical (unpaired) electrons. The minimum absolute atomic E-state index is 0.0334. The van der Waals surface area contributed by atoms with Crippen LogP contribution in [0.3, 0.4) is 0 Å². The first-order valence-electron chi connectivity index (χ1n) is 4.99. The Morgan fingerprint density at radius 2 is 2.21 bits per heavy atom. The van der Waals surface area contributed by atoms with Gasteiger partial charge in [0.05, 0.1) is 12.2 Å². The molecular weight excluding hydrogens is 178 g/mol. The summed E-state index contributed by atoms with van der Waals surface area (Å²) in [7, 11) is 0. The third-order valence-corrected chi connectivity index (χ3v) is 1.93. The molecule has 1 aromatic rings. The van der Waals surface area contributed by atoms with Crippen molar-refractivity contribution in [3.8, 4) is 0 Å². The minimum Gasteiger partial charge on any atom is -0.315 e. The molecule has 0 unspecified atom stereocenters. The van der Waals surface area contributed by atoms with Crippen molar-refractivity contribution >= 4 is 0 Å². The molecule has 1 heterocycles. The molecule has 0 saturated carbocycles. The monoisotopic (exact) mass is 195 g/mol. The topological polar surface area (TPSA) is 46.9 Å². The predicted molar refractivity (Wildman–Crippen MR) is 56.4 cm³/mol. The summed E-state index contributed by atoms with van der Waals surface area (Å²) >= 11 is 0. The van der Waals surface area contributed by atoms with E-state index in [1.807, 2.05) is 6.92 Å². The standard InChI is InChI=1S/C10H17N3O/c1-3-6-11-7-8-13-10(14)5-4-9(2)12-13/h4-5,11H,3,6-8H2,1-2H3. The van der Waals surface area contributed by atoms with E-state index in [1.165, 1.54) is 4.68 Å². The van der Waals surface area contributed by atoms with E-state index in [4.69, 9.17) is 0 Å². The smallest absolute Gasteiger partial charge is 0.266 e. The van der Waals surface area contributed by atoms with Crippen LogP contribution in [0.25, 0.3) is 0 Å². The van der Waals surface area contributed by atoms with Crippen LogP contribution in [0.1, 0.15) is 19.0 Å². The van der Waals surface area contributed by atoms with Crippen molar-refractivity contribution < 1.29 is 0 Å². The predicted octanol–water partition coefficient (Wildman–Crippen LogP) is 0.551. The fourth-order valence-electron chi connectivity index (χ4n) is 1.20. The highest BCUT2D eigenvalue weighted by atomic mass is 16.1. The van der Waals surface area contributed by atoms with Gasteiger partial charge in [-0.15, -0.1) is 0 Å². The maximum Gasteiger partial charge on any atom is 0.266 e. The third kappa shape index (κ3) is 3.30. The highest BCUT2D eigenvalue weighted by Crippen LogP contribution is 1.85. The second-order valence-electron chi connectivity index (χ2n) is 3.29. The van der Waals surface area contributed by atoms with Gasteiger partial charge >= 0.3 is 0 Å². The van der Waals surface area contributed by atoms with Crippen LogP contribution in [0.5, 0.6) is 0 Å². The quantitative estimate of drug-likeness (QED) is 0.698. The lowest BCUT2D eigenvalue weighted by atomic mass is 10.4. The molecule has 1 rings (SSSR count). The highest BCUT2D eigenvalue weighted by molar-refractivity contribution is 4.96. The number of hydrogen-bond acceptors (Lipinski definition) is 3. The fourth-order valence-corrected chi connectivity index (χ4v) is 1.20. The molecule has 1 aromatic heterocycles. The molecule has 14 heavy (non-hydrogen) atoms. The Bertz CT molecular complexity index is 332. The Morgan fingerprint density at radius 3 is 2.93 bits per heavy atom. The number of hydrogen-bond donors (Lipinski definition) is 1. The average molecular weight is 195 g/mol. The SMILES string of the molecule is CCCNCCn1nc(C)ccc1=O. The summed E-state index contributed by atoms with van der Waals surface area (Å²) in [5, 5.41) is 7.37. The molecule has 1 N–H and O–H groups in total. The van der Waals surface area contributed by atoms with Crippen molar-refractivity contribution in [1.82, 2.24) is 15.1 Å². The lowest BCUT2D eigenvalue weighted by Crippen LogP contribution is -2.29. The lowest BCUT2D eigenvalue weighted by molar-refractivity contribution is 0.526. The van der Waals surface area contributed by atoms with Crippen molar-refractivity contribution in [1.29, 1.82) is 0 Å². The van der Waals surface area contributed by atoms with Gasteiger partial charge in [0, 0.05) is 12.6 Å². The molecular formula is C10H17N3O. The minimum atomic E-state index is -0.0334. The summed E-state index contributed by atoms with van der Waals surface area (Å²) in [5.41, 5.74) is 0.842. The van der Waals surface area contributed by atoms with Crippen LogP contribution in [-0.4, -0.2) is 22.9 Å². The van der Waals surface area contributed by atoms with Gasteiger partial charge in [0.2, 0.25) is 0 Å². The van der Waals surface area contributed by atoms with Gasteiger partial charge in [0.25, 0.3) is 5.56 Å². The van der Waals surface area contributed by atoms with Crippen LogP contribution in [-0.2, 0) is 6.54 Å². The van der Waals surface area contributed by atoms with E-state index in [9.17, 15) is 4.79 Å². The zero-order valence-corrected chi connectivity index (χ0v) is 8.79. The van der Waals surface area contributed by atoms with Gasteiger partial charge in [-0.25, -0.2) is 4.68 Å². The zero-order valence-electron chi connectivity index (χ0n) is 8.79. The largest absolute Gasteiger partial charge is 0.315 e. The van der Waals surface area contributed by atoms with Gasteiger partial charge in [0.1, 0.15) is 0 Å². The Morgan fingerprint density at radius 1 is 1.43 bits per heavy atom.